The molecule has 0 spiro atoms. The highest BCUT2D eigenvalue weighted by Crippen LogP contribution is 2.36. The van der Waals surface area contributed by atoms with Crippen molar-refractivity contribution in [1.29, 1.82) is 0 Å². The van der Waals surface area contributed by atoms with Crippen LogP contribution in [-0.4, -0.2) is 166 Å². The Morgan fingerprint density at radius 1 is 0.333 bits per heavy atom. The van der Waals surface area contributed by atoms with Crippen LogP contribution in [0, 0.1) is 34.9 Å². The number of urea groups is 3. The first-order valence-corrected chi connectivity index (χ1v) is 36.5. The van der Waals surface area contributed by atoms with Crippen molar-refractivity contribution in [1.82, 2.24) is 30.7 Å². The number of hydrogen-bond donors (Lipinski definition) is 6. The average molecular weight is 1420 g/mol. The lowest BCUT2D eigenvalue weighted by Gasteiger charge is -2.43. The average Bonchev–Trinajstić information content (AvgIpc) is 0.829. The Morgan fingerprint density at radius 2 is 0.608 bits per heavy atom. The van der Waals surface area contributed by atoms with Crippen LogP contribution in [-0.2, 0) is 0 Å². The first kappa shape index (κ1) is 76.0. The number of benzene rings is 6. The second-order valence-corrected chi connectivity index (χ2v) is 28.2. The van der Waals surface area contributed by atoms with E-state index in [2.05, 4.69) is 97.7 Å². The van der Waals surface area contributed by atoms with Crippen molar-refractivity contribution in [2.45, 2.75) is 173 Å². The van der Waals surface area contributed by atoms with Gasteiger partial charge in [0.15, 0.2) is 0 Å². The van der Waals surface area contributed by atoms with Crippen LogP contribution < -0.4 is 60.8 Å². The molecule has 24 heteroatoms. The van der Waals surface area contributed by atoms with E-state index in [0.717, 1.165) is 232 Å². The van der Waals surface area contributed by atoms with Crippen molar-refractivity contribution in [2.75, 3.05) is 109 Å². The SMILES string of the molecule is CC(C)Oc1ccccc1N1CCN(C2CCC(NC(=O)Nc3cc(F)ccc3F)CC2)CC1.CC(C)Oc1ccccc1N1CCN(C2CCC(NC(=O)Nc3ccc(F)cc3F)CC2)CC1.CC(C)Oc1ccccc1N1CCN(C2CCC(NC(=O)Nc3ccc(F)cc3F)CC2)CC1. The molecule has 0 atom stereocenters. The maximum atomic E-state index is 13.8. The summed E-state index contributed by atoms with van der Waals surface area (Å²) in [6, 6.07) is 34.3. The van der Waals surface area contributed by atoms with Gasteiger partial charge in [-0.25, -0.2) is 40.7 Å². The minimum absolute atomic E-state index is 0.0224. The Bertz CT molecular complexity index is 3500. The summed E-state index contributed by atoms with van der Waals surface area (Å²) in [6.45, 7) is 24.0. The molecule has 6 aromatic carbocycles. The zero-order valence-electron chi connectivity index (χ0n) is 59.7. The van der Waals surface area contributed by atoms with Gasteiger partial charge in [-0.05, 0) is 191 Å². The molecule has 6 aromatic rings. The normalized spacial score (nSPS) is 21.4. The Balaban J connectivity index is 0.000000165. The summed E-state index contributed by atoms with van der Waals surface area (Å²) in [6.07, 6.45) is 11.8. The number of para-hydroxylation sites is 6. The van der Waals surface area contributed by atoms with E-state index in [-0.39, 0.29) is 53.5 Å². The molecule has 3 aliphatic heterocycles. The minimum atomic E-state index is -0.781. The van der Waals surface area contributed by atoms with Crippen molar-refractivity contribution in [2.24, 2.45) is 0 Å². The summed E-state index contributed by atoms with van der Waals surface area (Å²) in [5, 5.41) is 16.1. The van der Waals surface area contributed by atoms with Crippen LogP contribution in [0.5, 0.6) is 17.2 Å². The monoisotopic (exact) mass is 1420 g/mol. The molecule has 0 aromatic heterocycles. The van der Waals surface area contributed by atoms with Gasteiger partial charge in [0.2, 0.25) is 0 Å². The molecule has 3 aliphatic carbocycles. The number of amides is 6. The predicted octanol–water partition coefficient (Wildman–Crippen LogP) is 15.0. The molecule has 6 aliphatic rings. The van der Waals surface area contributed by atoms with Gasteiger partial charge in [0, 0.05) is 133 Å². The molecule has 0 bridgehead atoms. The predicted molar refractivity (Wildman–Crippen MR) is 392 cm³/mol. The fraction of sp³-hybridized carbons (Fsp3) is 0.500. The molecular formula is C78H102F6N12O6. The Kier molecular flexibility index (Phi) is 27.6. The third-order valence-corrected chi connectivity index (χ3v) is 19.8. The number of carbonyl (C=O) groups is 3. The van der Waals surface area contributed by atoms with Crippen molar-refractivity contribution >= 4 is 52.2 Å². The van der Waals surface area contributed by atoms with Gasteiger partial charge in [-0.2, -0.15) is 0 Å². The molecule has 3 saturated heterocycles. The van der Waals surface area contributed by atoms with E-state index in [1.165, 1.54) is 12.1 Å². The Morgan fingerprint density at radius 3 is 0.902 bits per heavy atom. The summed E-state index contributed by atoms with van der Waals surface area (Å²) in [5.41, 5.74) is 3.28. The maximum Gasteiger partial charge on any atom is 0.319 e. The number of piperazine rings is 3. The minimum Gasteiger partial charge on any atom is -0.489 e. The molecular weight excluding hydrogens is 1310 g/mol. The molecule has 552 valence electrons. The third kappa shape index (κ3) is 22.2. The third-order valence-electron chi connectivity index (χ3n) is 19.8. The second-order valence-electron chi connectivity index (χ2n) is 28.2. The van der Waals surface area contributed by atoms with Crippen LogP contribution in [0.25, 0.3) is 0 Å². The lowest BCUT2D eigenvalue weighted by atomic mass is 9.90. The van der Waals surface area contributed by atoms with Crippen LogP contribution >= 0.6 is 0 Å². The summed E-state index contributed by atoms with van der Waals surface area (Å²) in [5.74, 6) is -1.33. The van der Waals surface area contributed by atoms with E-state index in [9.17, 15) is 40.7 Å². The van der Waals surface area contributed by atoms with Gasteiger partial charge in [0.1, 0.15) is 52.2 Å². The van der Waals surface area contributed by atoms with Crippen LogP contribution in [0.15, 0.2) is 127 Å². The Labute approximate surface area is 597 Å². The molecule has 3 saturated carbocycles. The summed E-state index contributed by atoms with van der Waals surface area (Å²) in [7, 11) is 0. The van der Waals surface area contributed by atoms with E-state index in [1.54, 1.807) is 0 Å². The standard InChI is InChI=1S/3C26H34F2N4O2/c2*1-18(2)34-25-6-4-3-5-24(25)32-15-13-31(14-16-32)21-10-8-20(9-11-21)29-26(33)30-23-12-7-19(27)17-22(23)28;1-18(2)34-25-6-4-3-5-24(25)32-15-13-31(14-16-32)21-10-8-20(9-11-21)29-26(33)30-23-17-19(27)7-12-22(23)28/h3*3-7,12,17-18,20-21H,8-11,13-16H2,1-2H3,(H2,29,30,33). The fourth-order valence-electron chi connectivity index (χ4n) is 14.8. The van der Waals surface area contributed by atoms with Crippen molar-refractivity contribution < 1.29 is 54.9 Å². The zero-order valence-corrected chi connectivity index (χ0v) is 59.7. The molecule has 6 fully saturated rings. The van der Waals surface area contributed by atoms with Gasteiger partial charge < -0.3 is 60.8 Å². The molecule has 18 nitrogen and oxygen atoms in total. The van der Waals surface area contributed by atoms with E-state index >= 15 is 0 Å². The van der Waals surface area contributed by atoms with Gasteiger partial charge in [-0.3, -0.25) is 14.7 Å². The zero-order chi connectivity index (χ0) is 72.2. The van der Waals surface area contributed by atoms with Crippen LogP contribution in [0.2, 0.25) is 0 Å². The lowest BCUT2D eigenvalue weighted by Crippen LogP contribution is -2.52. The smallest absolute Gasteiger partial charge is 0.319 e. The Hall–Kier alpha value is -8.61. The van der Waals surface area contributed by atoms with Crippen molar-refractivity contribution in [3.63, 3.8) is 0 Å². The first-order chi connectivity index (χ1) is 49.2. The van der Waals surface area contributed by atoms with Crippen molar-refractivity contribution in [3.05, 3.63) is 162 Å². The van der Waals surface area contributed by atoms with Crippen LogP contribution in [0.4, 0.5) is 74.9 Å². The largest absolute Gasteiger partial charge is 0.489 e. The highest BCUT2D eigenvalue weighted by Gasteiger charge is 2.34. The number of ether oxygens (including phenoxy) is 3. The number of hydrogen-bond acceptors (Lipinski definition) is 12. The van der Waals surface area contributed by atoms with Crippen molar-refractivity contribution in [3.8, 4) is 17.2 Å². The number of halogens is 6. The molecule has 0 unspecified atom stereocenters. The quantitative estimate of drug-likeness (QED) is 0.0451. The number of carbonyl (C=O) groups excluding carboxylic acids is 3. The second kappa shape index (κ2) is 37.0. The van der Waals surface area contributed by atoms with Crippen LogP contribution in [0.1, 0.15) is 119 Å². The van der Waals surface area contributed by atoms with Crippen LogP contribution in [0.3, 0.4) is 0 Å². The van der Waals surface area contributed by atoms with Gasteiger partial charge in [-0.15, -0.1) is 0 Å². The number of rotatable bonds is 18. The van der Waals surface area contributed by atoms with Gasteiger partial charge in [0.25, 0.3) is 0 Å². The number of nitrogens with zero attached hydrogens (tertiary/aromatic N) is 6. The highest BCUT2D eigenvalue weighted by molar-refractivity contribution is 5.91. The number of nitrogens with one attached hydrogen (secondary N) is 6. The van der Waals surface area contributed by atoms with E-state index in [0.29, 0.717) is 18.1 Å². The summed E-state index contributed by atoms with van der Waals surface area (Å²) < 4.78 is 98.7. The molecule has 6 amide bonds. The fourth-order valence-corrected chi connectivity index (χ4v) is 14.8. The van der Waals surface area contributed by atoms with Gasteiger partial charge in [-0.1, -0.05) is 36.4 Å². The first-order valence-electron chi connectivity index (χ1n) is 36.5. The number of anilines is 6. The van der Waals surface area contributed by atoms with E-state index in [4.69, 9.17) is 14.2 Å². The molecule has 102 heavy (non-hydrogen) atoms. The summed E-state index contributed by atoms with van der Waals surface area (Å²) >= 11 is 0. The lowest BCUT2D eigenvalue weighted by molar-refractivity contribution is 0.137. The topological polar surface area (TPSA) is 171 Å². The highest BCUT2D eigenvalue weighted by atomic mass is 19.2. The molecule has 6 N–H and O–H groups in total. The maximum absolute atomic E-state index is 13.8. The van der Waals surface area contributed by atoms with E-state index in [1.807, 2.05) is 77.9 Å². The molecule has 0 radical (unpaired) electrons. The van der Waals surface area contributed by atoms with E-state index < -0.39 is 53.0 Å². The molecule has 3 heterocycles. The van der Waals surface area contributed by atoms with Gasteiger partial charge >= 0.3 is 18.1 Å². The summed E-state index contributed by atoms with van der Waals surface area (Å²) in [4.78, 5) is 51.7. The van der Waals surface area contributed by atoms with Gasteiger partial charge in [0.05, 0.1) is 52.4 Å². The molecule has 12 rings (SSSR count).